The number of nitriles is 1. The van der Waals surface area contributed by atoms with Gasteiger partial charge in [0.25, 0.3) is 0 Å². The predicted octanol–water partition coefficient (Wildman–Crippen LogP) is 2.61. The van der Waals surface area contributed by atoms with E-state index in [1.54, 1.807) is 16.7 Å². The lowest BCUT2D eigenvalue weighted by atomic mass is 9.80. The highest BCUT2D eigenvalue weighted by molar-refractivity contribution is 5.86. The zero-order chi connectivity index (χ0) is 14.0. The molecule has 2 aromatic rings. The third-order valence-corrected chi connectivity index (χ3v) is 3.31. The average molecular weight is 257 g/mol. The molecule has 5 nitrogen and oxygen atoms in total. The van der Waals surface area contributed by atoms with Gasteiger partial charge in [0.1, 0.15) is 5.65 Å². The van der Waals surface area contributed by atoms with Gasteiger partial charge in [-0.15, -0.1) is 0 Å². The average Bonchev–Trinajstić information content (AvgIpc) is 2.81. The van der Waals surface area contributed by atoms with E-state index < -0.39 is 11.4 Å². The fourth-order valence-electron chi connectivity index (χ4n) is 2.19. The molecule has 2 rings (SSSR count). The summed E-state index contributed by atoms with van der Waals surface area (Å²) in [7, 11) is 0. The van der Waals surface area contributed by atoms with Gasteiger partial charge in [-0.2, -0.15) is 5.26 Å². The molecule has 2 heterocycles. The highest BCUT2D eigenvalue weighted by atomic mass is 16.4. The Balaban J connectivity index is 2.52. The quantitative estimate of drug-likeness (QED) is 0.913. The second-order valence-electron chi connectivity index (χ2n) is 4.81. The smallest absolute Gasteiger partial charge is 0.356 e. The molecule has 0 spiro atoms. The normalized spacial score (nSPS) is 13.9. The van der Waals surface area contributed by atoms with Crippen molar-refractivity contribution < 1.29 is 9.90 Å². The molecule has 19 heavy (non-hydrogen) atoms. The van der Waals surface area contributed by atoms with Crippen LogP contribution in [0.3, 0.4) is 0 Å². The topological polar surface area (TPSA) is 78.4 Å². The lowest BCUT2D eigenvalue weighted by Gasteiger charge is -2.21. The molecule has 1 unspecified atom stereocenters. The molecule has 0 aliphatic heterocycles. The van der Waals surface area contributed by atoms with Crippen LogP contribution in [0.1, 0.15) is 42.7 Å². The molecule has 0 fully saturated rings. The molecule has 1 atom stereocenters. The van der Waals surface area contributed by atoms with Gasteiger partial charge in [0, 0.05) is 12.4 Å². The van der Waals surface area contributed by atoms with Gasteiger partial charge in [-0.1, -0.05) is 13.3 Å². The molecule has 0 saturated heterocycles. The molecule has 0 saturated carbocycles. The summed E-state index contributed by atoms with van der Waals surface area (Å²) >= 11 is 0. The standard InChI is InChI=1S/C14H15N3O2/c1-3-5-14(2,9-15)10-4-6-17-8-11(13(18)19)16-12(17)7-10/h4,6-8H,3,5H2,1-2H3,(H,18,19). The van der Waals surface area contributed by atoms with Crippen molar-refractivity contribution in [3.05, 3.63) is 35.8 Å². The molecular weight excluding hydrogens is 242 g/mol. The first-order chi connectivity index (χ1) is 9.00. The van der Waals surface area contributed by atoms with E-state index in [0.29, 0.717) is 5.65 Å². The highest BCUT2D eigenvalue weighted by Crippen LogP contribution is 2.28. The minimum Gasteiger partial charge on any atom is -0.476 e. The maximum absolute atomic E-state index is 10.9. The van der Waals surface area contributed by atoms with Crippen LogP contribution in [0.5, 0.6) is 0 Å². The third kappa shape index (κ3) is 2.29. The monoisotopic (exact) mass is 257 g/mol. The van der Waals surface area contributed by atoms with E-state index >= 15 is 0 Å². The van der Waals surface area contributed by atoms with Crippen molar-refractivity contribution >= 4 is 11.6 Å². The minimum atomic E-state index is -1.05. The van der Waals surface area contributed by atoms with E-state index in [-0.39, 0.29) is 5.69 Å². The van der Waals surface area contributed by atoms with Crippen LogP contribution < -0.4 is 0 Å². The van der Waals surface area contributed by atoms with Crippen molar-refractivity contribution in [2.24, 2.45) is 0 Å². The first-order valence-corrected chi connectivity index (χ1v) is 6.14. The van der Waals surface area contributed by atoms with Crippen molar-refractivity contribution in [3.8, 4) is 6.07 Å². The Bertz CT molecular complexity index is 669. The fourth-order valence-corrected chi connectivity index (χ4v) is 2.19. The van der Waals surface area contributed by atoms with E-state index in [2.05, 4.69) is 11.1 Å². The number of imidazole rings is 1. The van der Waals surface area contributed by atoms with Crippen LogP contribution in [-0.2, 0) is 5.41 Å². The Hall–Kier alpha value is -2.35. The van der Waals surface area contributed by atoms with Crippen molar-refractivity contribution in [1.82, 2.24) is 9.38 Å². The number of nitrogens with zero attached hydrogens (tertiary/aromatic N) is 3. The van der Waals surface area contributed by atoms with Crippen LogP contribution in [-0.4, -0.2) is 20.5 Å². The molecule has 0 amide bonds. The number of aromatic nitrogens is 2. The molecule has 5 heteroatoms. The van der Waals surface area contributed by atoms with Crippen molar-refractivity contribution in [2.45, 2.75) is 32.1 Å². The first kappa shape index (κ1) is 13.1. The van der Waals surface area contributed by atoms with E-state index in [1.165, 1.54) is 6.20 Å². The molecule has 0 radical (unpaired) electrons. The lowest BCUT2D eigenvalue weighted by molar-refractivity contribution is 0.0691. The number of carbonyl (C=O) groups is 1. The molecule has 2 aromatic heterocycles. The highest BCUT2D eigenvalue weighted by Gasteiger charge is 2.26. The summed E-state index contributed by atoms with van der Waals surface area (Å²) < 4.78 is 1.65. The van der Waals surface area contributed by atoms with E-state index in [4.69, 9.17) is 5.11 Å². The molecular formula is C14H15N3O2. The van der Waals surface area contributed by atoms with Crippen LogP contribution in [0, 0.1) is 11.3 Å². The molecule has 0 aliphatic rings. The van der Waals surface area contributed by atoms with Crippen LogP contribution in [0.2, 0.25) is 0 Å². The first-order valence-electron chi connectivity index (χ1n) is 6.14. The van der Waals surface area contributed by atoms with Crippen molar-refractivity contribution in [2.75, 3.05) is 0 Å². The Labute approximate surface area is 111 Å². The van der Waals surface area contributed by atoms with Crippen LogP contribution in [0.25, 0.3) is 5.65 Å². The Morgan fingerprint density at radius 1 is 1.63 bits per heavy atom. The number of rotatable bonds is 4. The number of carboxylic acids is 1. The van der Waals surface area contributed by atoms with Gasteiger partial charge in [-0.25, -0.2) is 9.78 Å². The number of hydrogen-bond donors (Lipinski definition) is 1. The fraction of sp³-hybridized carbons (Fsp3) is 0.357. The summed E-state index contributed by atoms with van der Waals surface area (Å²) in [6.07, 6.45) is 4.87. The Morgan fingerprint density at radius 2 is 2.37 bits per heavy atom. The van der Waals surface area contributed by atoms with E-state index in [1.807, 2.05) is 19.9 Å². The molecule has 1 N–H and O–H groups in total. The zero-order valence-corrected chi connectivity index (χ0v) is 10.9. The second-order valence-corrected chi connectivity index (χ2v) is 4.81. The summed E-state index contributed by atoms with van der Waals surface area (Å²) in [6.45, 7) is 3.93. The number of carboxylic acid groups (broad SMARTS) is 1. The van der Waals surface area contributed by atoms with Gasteiger partial charge >= 0.3 is 5.97 Å². The maximum atomic E-state index is 10.9. The van der Waals surface area contributed by atoms with Gasteiger partial charge < -0.3 is 9.51 Å². The molecule has 98 valence electrons. The predicted molar refractivity (Wildman–Crippen MR) is 70.0 cm³/mol. The SMILES string of the molecule is CCCC(C)(C#N)c1ccn2cc(C(=O)O)nc2c1. The van der Waals surface area contributed by atoms with Gasteiger partial charge in [0.15, 0.2) is 5.69 Å². The van der Waals surface area contributed by atoms with Crippen LogP contribution in [0.15, 0.2) is 24.5 Å². The summed E-state index contributed by atoms with van der Waals surface area (Å²) in [5, 5.41) is 18.3. The zero-order valence-electron chi connectivity index (χ0n) is 10.9. The summed E-state index contributed by atoms with van der Waals surface area (Å²) in [4.78, 5) is 14.9. The Kier molecular flexibility index (Phi) is 3.26. The molecule has 0 aliphatic carbocycles. The maximum Gasteiger partial charge on any atom is 0.356 e. The van der Waals surface area contributed by atoms with Gasteiger partial charge in [-0.3, -0.25) is 0 Å². The molecule has 0 bridgehead atoms. The number of hydrogen-bond acceptors (Lipinski definition) is 3. The molecule has 0 aromatic carbocycles. The van der Waals surface area contributed by atoms with Gasteiger partial charge in [0.05, 0.1) is 11.5 Å². The summed E-state index contributed by atoms with van der Waals surface area (Å²) in [5.74, 6) is -1.05. The van der Waals surface area contributed by atoms with E-state index in [9.17, 15) is 10.1 Å². The van der Waals surface area contributed by atoms with Crippen LogP contribution >= 0.6 is 0 Å². The van der Waals surface area contributed by atoms with Crippen molar-refractivity contribution in [3.63, 3.8) is 0 Å². The Morgan fingerprint density at radius 3 is 2.95 bits per heavy atom. The largest absolute Gasteiger partial charge is 0.476 e. The van der Waals surface area contributed by atoms with Crippen molar-refractivity contribution in [1.29, 1.82) is 5.26 Å². The minimum absolute atomic E-state index is 0.00584. The van der Waals surface area contributed by atoms with Gasteiger partial charge in [-0.05, 0) is 31.0 Å². The number of fused-ring (bicyclic) bond motifs is 1. The lowest BCUT2D eigenvalue weighted by Crippen LogP contribution is -2.19. The number of pyridine rings is 1. The summed E-state index contributed by atoms with van der Waals surface area (Å²) in [5.41, 5.74) is 0.858. The van der Waals surface area contributed by atoms with Crippen LogP contribution in [0.4, 0.5) is 0 Å². The third-order valence-electron chi connectivity index (χ3n) is 3.31. The number of aromatic carboxylic acids is 1. The van der Waals surface area contributed by atoms with Gasteiger partial charge in [0.2, 0.25) is 0 Å². The summed E-state index contributed by atoms with van der Waals surface area (Å²) in [6, 6.07) is 5.97. The van der Waals surface area contributed by atoms with E-state index in [0.717, 1.165) is 18.4 Å². The second kappa shape index (κ2) is 4.73.